The highest BCUT2D eigenvalue weighted by Gasteiger charge is 2.09. The van der Waals surface area contributed by atoms with E-state index in [1.54, 1.807) is 37.4 Å². The number of anilines is 1. The van der Waals surface area contributed by atoms with Crippen molar-refractivity contribution in [2.45, 2.75) is 12.8 Å². The fourth-order valence-corrected chi connectivity index (χ4v) is 2.06. The summed E-state index contributed by atoms with van der Waals surface area (Å²) in [6.45, 7) is 0. The number of benzene rings is 2. The summed E-state index contributed by atoms with van der Waals surface area (Å²) in [5.74, 6) is 0.718. The number of amides is 1. The summed E-state index contributed by atoms with van der Waals surface area (Å²) >= 11 is 0. The van der Waals surface area contributed by atoms with E-state index in [0.29, 0.717) is 23.6 Å². The average molecular weight is 303 g/mol. The van der Waals surface area contributed by atoms with Gasteiger partial charge in [0.05, 0.1) is 19.9 Å². The largest absolute Gasteiger partial charge is 0.497 e. The molecule has 5 heteroatoms. The van der Waals surface area contributed by atoms with Gasteiger partial charge >= 0.3 is 0 Å². The SMILES string of the molecule is COc1ccc(NC(=O)CCc2cccc(F)c2)c(OC)c1. The molecule has 0 spiro atoms. The second-order valence-electron chi connectivity index (χ2n) is 4.74. The van der Waals surface area contributed by atoms with E-state index in [2.05, 4.69) is 5.32 Å². The Balaban J connectivity index is 1.97. The van der Waals surface area contributed by atoms with Gasteiger partial charge in [-0.05, 0) is 36.2 Å². The molecule has 2 aromatic rings. The van der Waals surface area contributed by atoms with Crippen molar-refractivity contribution in [1.82, 2.24) is 0 Å². The maximum absolute atomic E-state index is 13.1. The van der Waals surface area contributed by atoms with Crippen LogP contribution in [0.15, 0.2) is 42.5 Å². The third-order valence-corrected chi connectivity index (χ3v) is 3.21. The van der Waals surface area contributed by atoms with Gasteiger partial charge in [-0.15, -0.1) is 0 Å². The minimum Gasteiger partial charge on any atom is -0.497 e. The van der Waals surface area contributed by atoms with Gasteiger partial charge < -0.3 is 14.8 Å². The summed E-state index contributed by atoms with van der Waals surface area (Å²) in [5, 5.41) is 2.78. The molecule has 4 nitrogen and oxygen atoms in total. The van der Waals surface area contributed by atoms with Crippen LogP contribution in [0.4, 0.5) is 10.1 Å². The van der Waals surface area contributed by atoms with Gasteiger partial charge in [0.1, 0.15) is 17.3 Å². The first-order valence-corrected chi connectivity index (χ1v) is 6.88. The fourth-order valence-electron chi connectivity index (χ4n) is 2.06. The minimum atomic E-state index is -0.297. The van der Waals surface area contributed by atoms with E-state index in [1.807, 2.05) is 0 Å². The van der Waals surface area contributed by atoms with E-state index in [9.17, 15) is 9.18 Å². The zero-order chi connectivity index (χ0) is 15.9. The van der Waals surface area contributed by atoms with Gasteiger partial charge in [-0.3, -0.25) is 4.79 Å². The van der Waals surface area contributed by atoms with Crippen molar-refractivity contribution in [3.63, 3.8) is 0 Å². The minimum absolute atomic E-state index is 0.160. The third kappa shape index (κ3) is 4.22. The molecule has 0 bridgehead atoms. The van der Waals surface area contributed by atoms with E-state index >= 15 is 0 Å². The number of aryl methyl sites for hydroxylation is 1. The predicted octanol–water partition coefficient (Wildman–Crippen LogP) is 3.41. The van der Waals surface area contributed by atoms with Gasteiger partial charge in [-0.2, -0.15) is 0 Å². The van der Waals surface area contributed by atoms with E-state index in [-0.39, 0.29) is 18.1 Å². The van der Waals surface area contributed by atoms with Crippen molar-refractivity contribution < 1.29 is 18.7 Å². The van der Waals surface area contributed by atoms with Crippen LogP contribution in [-0.2, 0) is 11.2 Å². The van der Waals surface area contributed by atoms with Crippen LogP contribution in [0.3, 0.4) is 0 Å². The maximum Gasteiger partial charge on any atom is 0.224 e. The molecular weight excluding hydrogens is 285 g/mol. The Bertz CT molecular complexity index is 658. The lowest BCUT2D eigenvalue weighted by atomic mass is 10.1. The summed E-state index contributed by atoms with van der Waals surface area (Å²) in [7, 11) is 3.09. The summed E-state index contributed by atoms with van der Waals surface area (Å²) in [6, 6.07) is 11.4. The molecule has 116 valence electrons. The van der Waals surface area contributed by atoms with Gasteiger partial charge in [0.15, 0.2) is 0 Å². The van der Waals surface area contributed by atoms with Crippen molar-refractivity contribution in [1.29, 1.82) is 0 Å². The van der Waals surface area contributed by atoms with Crippen LogP contribution >= 0.6 is 0 Å². The Morgan fingerprint density at radius 3 is 2.64 bits per heavy atom. The smallest absolute Gasteiger partial charge is 0.224 e. The fraction of sp³-hybridized carbons (Fsp3) is 0.235. The number of nitrogens with one attached hydrogen (secondary N) is 1. The number of halogens is 1. The lowest BCUT2D eigenvalue weighted by molar-refractivity contribution is -0.116. The molecule has 0 aliphatic carbocycles. The second-order valence-corrected chi connectivity index (χ2v) is 4.74. The summed E-state index contributed by atoms with van der Waals surface area (Å²) in [6.07, 6.45) is 0.737. The summed E-state index contributed by atoms with van der Waals surface area (Å²) in [4.78, 5) is 12.0. The molecule has 0 heterocycles. The Morgan fingerprint density at radius 1 is 1.14 bits per heavy atom. The monoisotopic (exact) mass is 303 g/mol. The van der Waals surface area contributed by atoms with Gasteiger partial charge in [0.25, 0.3) is 0 Å². The van der Waals surface area contributed by atoms with Crippen LogP contribution in [0.1, 0.15) is 12.0 Å². The molecule has 0 atom stereocenters. The van der Waals surface area contributed by atoms with Crippen LogP contribution in [0.2, 0.25) is 0 Å². The van der Waals surface area contributed by atoms with Gasteiger partial charge in [0, 0.05) is 12.5 Å². The highest BCUT2D eigenvalue weighted by molar-refractivity contribution is 5.92. The predicted molar refractivity (Wildman–Crippen MR) is 82.9 cm³/mol. The summed E-state index contributed by atoms with van der Waals surface area (Å²) in [5.41, 5.74) is 1.37. The Morgan fingerprint density at radius 2 is 1.95 bits per heavy atom. The standard InChI is InChI=1S/C17H18FNO3/c1-21-14-7-8-15(16(11-14)22-2)19-17(20)9-6-12-4-3-5-13(18)10-12/h3-5,7-8,10-11H,6,9H2,1-2H3,(H,19,20). The van der Waals surface area contributed by atoms with Crippen molar-refractivity contribution in [3.8, 4) is 11.5 Å². The molecule has 0 saturated heterocycles. The molecule has 0 aliphatic heterocycles. The number of hydrogen-bond acceptors (Lipinski definition) is 3. The normalized spacial score (nSPS) is 10.1. The van der Waals surface area contributed by atoms with Crippen LogP contribution in [0.5, 0.6) is 11.5 Å². The highest BCUT2D eigenvalue weighted by atomic mass is 19.1. The third-order valence-electron chi connectivity index (χ3n) is 3.21. The Kier molecular flexibility index (Phi) is 5.36. The zero-order valence-corrected chi connectivity index (χ0v) is 12.6. The van der Waals surface area contributed by atoms with Crippen LogP contribution in [0, 0.1) is 5.82 Å². The number of carbonyl (C=O) groups excluding carboxylic acids is 1. The quantitative estimate of drug-likeness (QED) is 0.889. The molecule has 0 aliphatic rings. The van der Waals surface area contributed by atoms with Gasteiger partial charge in [-0.25, -0.2) is 4.39 Å². The maximum atomic E-state index is 13.1. The van der Waals surface area contributed by atoms with E-state index in [0.717, 1.165) is 5.56 Å². The molecule has 2 rings (SSSR count). The number of ether oxygens (including phenoxy) is 2. The first kappa shape index (κ1) is 15.8. The average Bonchev–Trinajstić information content (AvgIpc) is 2.53. The number of rotatable bonds is 6. The molecule has 0 fully saturated rings. The second kappa shape index (κ2) is 7.45. The van der Waals surface area contributed by atoms with Crippen molar-refractivity contribution in [3.05, 3.63) is 53.8 Å². The summed E-state index contributed by atoms with van der Waals surface area (Å²) < 4.78 is 23.4. The number of carbonyl (C=O) groups is 1. The Labute approximate surface area is 128 Å². The Hall–Kier alpha value is -2.56. The first-order valence-electron chi connectivity index (χ1n) is 6.88. The van der Waals surface area contributed by atoms with E-state index in [1.165, 1.54) is 19.2 Å². The molecule has 22 heavy (non-hydrogen) atoms. The molecule has 1 amide bonds. The molecular formula is C17H18FNO3. The van der Waals surface area contributed by atoms with Crippen molar-refractivity contribution in [2.75, 3.05) is 19.5 Å². The van der Waals surface area contributed by atoms with Crippen molar-refractivity contribution >= 4 is 11.6 Å². The number of hydrogen-bond donors (Lipinski definition) is 1. The molecule has 0 saturated carbocycles. The lowest BCUT2D eigenvalue weighted by Gasteiger charge is -2.11. The molecule has 2 aromatic carbocycles. The number of methoxy groups -OCH3 is 2. The molecule has 0 aromatic heterocycles. The van der Waals surface area contributed by atoms with Gasteiger partial charge in [-0.1, -0.05) is 12.1 Å². The van der Waals surface area contributed by atoms with Crippen molar-refractivity contribution in [2.24, 2.45) is 0 Å². The first-order chi connectivity index (χ1) is 10.6. The lowest BCUT2D eigenvalue weighted by Crippen LogP contribution is -2.13. The van der Waals surface area contributed by atoms with E-state index < -0.39 is 0 Å². The van der Waals surface area contributed by atoms with Crippen LogP contribution < -0.4 is 14.8 Å². The van der Waals surface area contributed by atoms with Crippen LogP contribution in [-0.4, -0.2) is 20.1 Å². The zero-order valence-electron chi connectivity index (χ0n) is 12.6. The molecule has 0 radical (unpaired) electrons. The molecule has 1 N–H and O–H groups in total. The van der Waals surface area contributed by atoms with Gasteiger partial charge in [0.2, 0.25) is 5.91 Å². The highest BCUT2D eigenvalue weighted by Crippen LogP contribution is 2.29. The van der Waals surface area contributed by atoms with E-state index in [4.69, 9.17) is 9.47 Å². The molecule has 0 unspecified atom stereocenters. The van der Waals surface area contributed by atoms with Crippen LogP contribution in [0.25, 0.3) is 0 Å². The topological polar surface area (TPSA) is 47.6 Å².